The van der Waals surface area contributed by atoms with Crippen molar-refractivity contribution in [3.8, 4) is 0 Å². The first-order valence-corrected chi connectivity index (χ1v) is 3.43. The van der Waals surface area contributed by atoms with Crippen molar-refractivity contribution in [3.05, 3.63) is 0 Å². The Hall–Kier alpha value is 0.880. The molecular formula is C6H14Br2N2. The predicted molar refractivity (Wildman–Crippen MR) is 53.5 cm³/mol. The molecule has 0 aromatic carbocycles. The molecule has 0 radical (unpaired) electrons. The summed E-state index contributed by atoms with van der Waals surface area (Å²) < 4.78 is 0. The van der Waals surface area contributed by atoms with E-state index in [0.29, 0.717) is 0 Å². The van der Waals surface area contributed by atoms with E-state index in [9.17, 15) is 0 Å². The van der Waals surface area contributed by atoms with Crippen LogP contribution < -0.4 is 10.6 Å². The van der Waals surface area contributed by atoms with Crippen LogP contribution in [0.5, 0.6) is 0 Å². The van der Waals surface area contributed by atoms with E-state index in [0.717, 1.165) is 12.1 Å². The zero-order chi connectivity index (χ0) is 5.40. The maximum atomic E-state index is 3.46. The predicted octanol–water partition coefficient (Wildman–Crippen LogP) is 0.866. The molecular weight excluding hydrogens is 260 g/mol. The minimum Gasteiger partial charge on any atom is -0.311 e. The highest BCUT2D eigenvalue weighted by Crippen LogP contribution is 2.20. The molecule has 0 amide bonds. The molecule has 2 rings (SSSR count). The van der Waals surface area contributed by atoms with Crippen LogP contribution in [-0.4, -0.2) is 25.2 Å². The Morgan fingerprint density at radius 2 is 1.20 bits per heavy atom. The van der Waals surface area contributed by atoms with Gasteiger partial charge in [0, 0.05) is 25.2 Å². The first-order chi connectivity index (χ1) is 3.97. The molecule has 1 saturated carbocycles. The molecule has 2 nitrogen and oxygen atoms in total. The van der Waals surface area contributed by atoms with Crippen molar-refractivity contribution in [2.45, 2.75) is 24.9 Å². The summed E-state index contributed by atoms with van der Waals surface area (Å²) in [5, 5.41) is 6.91. The molecule has 1 aliphatic heterocycles. The number of rotatable bonds is 0. The molecule has 62 valence electrons. The number of piperazine rings is 1. The molecule has 1 heterocycles. The van der Waals surface area contributed by atoms with Crippen molar-refractivity contribution in [3.63, 3.8) is 0 Å². The highest BCUT2D eigenvalue weighted by molar-refractivity contribution is 8.93. The molecule has 0 bridgehead atoms. The lowest BCUT2D eigenvalue weighted by atomic mass is 9.85. The van der Waals surface area contributed by atoms with E-state index in [4.69, 9.17) is 0 Å². The van der Waals surface area contributed by atoms with Gasteiger partial charge in [-0.1, -0.05) is 0 Å². The van der Waals surface area contributed by atoms with E-state index >= 15 is 0 Å². The molecule has 0 aromatic rings. The molecule has 0 spiro atoms. The SMILES string of the molecule is Br.Br.C1CN[C@@H]2CC[C@H]2N1. The van der Waals surface area contributed by atoms with Crippen molar-refractivity contribution in [2.24, 2.45) is 0 Å². The lowest BCUT2D eigenvalue weighted by molar-refractivity contribution is 0.206. The highest BCUT2D eigenvalue weighted by atomic mass is 79.9. The zero-order valence-electron chi connectivity index (χ0n) is 5.80. The molecule has 10 heavy (non-hydrogen) atoms. The summed E-state index contributed by atoms with van der Waals surface area (Å²) in [4.78, 5) is 0. The maximum absolute atomic E-state index is 3.46. The summed E-state index contributed by atoms with van der Waals surface area (Å²) in [5.41, 5.74) is 0. The van der Waals surface area contributed by atoms with Crippen LogP contribution in [-0.2, 0) is 0 Å². The summed E-state index contributed by atoms with van der Waals surface area (Å²) in [6.45, 7) is 2.34. The molecule has 2 fully saturated rings. The molecule has 2 aliphatic rings. The Labute approximate surface area is 82.7 Å². The van der Waals surface area contributed by atoms with Gasteiger partial charge in [0.15, 0.2) is 0 Å². The van der Waals surface area contributed by atoms with Crippen LogP contribution in [0.1, 0.15) is 12.8 Å². The average molecular weight is 274 g/mol. The zero-order valence-corrected chi connectivity index (χ0v) is 9.23. The Morgan fingerprint density at radius 1 is 0.800 bits per heavy atom. The van der Waals surface area contributed by atoms with Gasteiger partial charge in [0.2, 0.25) is 0 Å². The Bertz CT molecular complexity index is 87.7. The second kappa shape index (κ2) is 4.70. The van der Waals surface area contributed by atoms with E-state index in [-0.39, 0.29) is 34.0 Å². The molecule has 2 N–H and O–H groups in total. The number of fused-ring (bicyclic) bond motifs is 1. The van der Waals surface area contributed by atoms with Crippen molar-refractivity contribution in [2.75, 3.05) is 13.1 Å². The third kappa shape index (κ3) is 1.94. The first kappa shape index (κ1) is 10.9. The van der Waals surface area contributed by atoms with Gasteiger partial charge in [-0.3, -0.25) is 0 Å². The van der Waals surface area contributed by atoms with Gasteiger partial charge in [-0.25, -0.2) is 0 Å². The average Bonchev–Trinajstić information content (AvgIpc) is 1.72. The fraction of sp³-hybridized carbons (Fsp3) is 1.00. The molecule has 2 atom stereocenters. The fourth-order valence-corrected chi connectivity index (χ4v) is 1.50. The van der Waals surface area contributed by atoms with Crippen molar-refractivity contribution >= 4 is 34.0 Å². The first-order valence-electron chi connectivity index (χ1n) is 3.43. The Kier molecular flexibility index (Phi) is 5.11. The molecule has 0 aromatic heterocycles. The monoisotopic (exact) mass is 272 g/mol. The summed E-state index contributed by atoms with van der Waals surface area (Å²) in [7, 11) is 0. The smallest absolute Gasteiger partial charge is 0.0222 e. The summed E-state index contributed by atoms with van der Waals surface area (Å²) in [6, 6.07) is 1.65. The minimum atomic E-state index is 0. The van der Waals surface area contributed by atoms with Gasteiger partial charge in [-0.05, 0) is 12.8 Å². The van der Waals surface area contributed by atoms with Gasteiger partial charge in [0.05, 0.1) is 0 Å². The summed E-state index contributed by atoms with van der Waals surface area (Å²) in [5.74, 6) is 0. The third-order valence-electron chi connectivity index (χ3n) is 2.21. The summed E-state index contributed by atoms with van der Waals surface area (Å²) in [6.07, 6.45) is 2.77. The quantitative estimate of drug-likeness (QED) is 0.684. The van der Waals surface area contributed by atoms with Crippen LogP contribution in [0, 0.1) is 0 Å². The summed E-state index contributed by atoms with van der Waals surface area (Å²) >= 11 is 0. The van der Waals surface area contributed by atoms with Gasteiger partial charge < -0.3 is 10.6 Å². The molecule has 0 unspecified atom stereocenters. The topological polar surface area (TPSA) is 24.1 Å². The van der Waals surface area contributed by atoms with E-state index in [1.54, 1.807) is 0 Å². The van der Waals surface area contributed by atoms with Gasteiger partial charge in [0.1, 0.15) is 0 Å². The number of hydrogen-bond acceptors (Lipinski definition) is 2. The van der Waals surface area contributed by atoms with Crippen LogP contribution >= 0.6 is 34.0 Å². The minimum absolute atomic E-state index is 0. The van der Waals surface area contributed by atoms with E-state index < -0.39 is 0 Å². The van der Waals surface area contributed by atoms with E-state index in [1.807, 2.05) is 0 Å². The van der Waals surface area contributed by atoms with E-state index in [1.165, 1.54) is 25.9 Å². The van der Waals surface area contributed by atoms with Gasteiger partial charge in [0.25, 0.3) is 0 Å². The van der Waals surface area contributed by atoms with Gasteiger partial charge >= 0.3 is 0 Å². The van der Waals surface area contributed by atoms with Crippen LogP contribution in [0.3, 0.4) is 0 Å². The van der Waals surface area contributed by atoms with Crippen LogP contribution in [0.2, 0.25) is 0 Å². The van der Waals surface area contributed by atoms with E-state index in [2.05, 4.69) is 10.6 Å². The largest absolute Gasteiger partial charge is 0.311 e. The molecule has 1 saturated heterocycles. The Balaban J connectivity index is 0.000000405. The standard InChI is InChI=1S/C6H12N2.2BrH/c1-2-6-5(1)7-3-4-8-6;;/h5-8H,1-4H2;2*1H/t5-,6-;;/m1../s1. The molecule has 4 heteroatoms. The lowest BCUT2D eigenvalue weighted by Crippen LogP contribution is -2.61. The van der Waals surface area contributed by atoms with Gasteiger partial charge in [-0.15, -0.1) is 34.0 Å². The van der Waals surface area contributed by atoms with Gasteiger partial charge in [-0.2, -0.15) is 0 Å². The Morgan fingerprint density at radius 3 is 1.40 bits per heavy atom. The lowest BCUT2D eigenvalue weighted by Gasteiger charge is -2.41. The number of halogens is 2. The van der Waals surface area contributed by atoms with Crippen LogP contribution in [0.25, 0.3) is 0 Å². The normalized spacial score (nSPS) is 36.0. The number of hydrogen-bond donors (Lipinski definition) is 2. The van der Waals surface area contributed by atoms with Crippen molar-refractivity contribution in [1.82, 2.24) is 10.6 Å². The maximum Gasteiger partial charge on any atom is 0.0222 e. The van der Waals surface area contributed by atoms with Crippen molar-refractivity contribution < 1.29 is 0 Å². The fourth-order valence-electron chi connectivity index (χ4n) is 1.50. The number of nitrogens with one attached hydrogen (secondary N) is 2. The second-order valence-corrected chi connectivity index (χ2v) is 2.70. The van der Waals surface area contributed by atoms with Crippen molar-refractivity contribution in [1.29, 1.82) is 0 Å². The highest BCUT2D eigenvalue weighted by Gasteiger charge is 2.31. The van der Waals surface area contributed by atoms with Crippen LogP contribution in [0.15, 0.2) is 0 Å². The second-order valence-electron chi connectivity index (χ2n) is 2.70. The molecule has 1 aliphatic carbocycles. The third-order valence-corrected chi connectivity index (χ3v) is 2.21. The van der Waals surface area contributed by atoms with Crippen LogP contribution in [0.4, 0.5) is 0 Å².